The molecule has 0 atom stereocenters. The number of oxazole rings is 1. The summed E-state index contributed by atoms with van der Waals surface area (Å²) in [4.78, 5) is 4.36. The third kappa shape index (κ3) is 1.62. The second-order valence-electron chi connectivity index (χ2n) is 3.06. The average molecular weight is 153 g/mol. The highest BCUT2D eigenvalue weighted by atomic mass is 16.4. The van der Waals surface area contributed by atoms with Crippen LogP contribution in [0.2, 0.25) is 0 Å². The SMILES string of the molecule is CCc1nc(C(C)C)oc1C. The van der Waals surface area contributed by atoms with Crippen molar-refractivity contribution in [2.45, 2.75) is 40.0 Å². The average Bonchev–Trinajstić information content (AvgIpc) is 2.31. The molecule has 0 radical (unpaired) electrons. The van der Waals surface area contributed by atoms with Gasteiger partial charge in [0, 0.05) is 5.92 Å². The third-order valence-electron chi connectivity index (χ3n) is 1.74. The highest BCUT2D eigenvalue weighted by Crippen LogP contribution is 2.17. The minimum Gasteiger partial charge on any atom is -0.445 e. The maximum Gasteiger partial charge on any atom is 0.197 e. The summed E-state index contributed by atoms with van der Waals surface area (Å²) in [6.07, 6.45) is 0.960. The standard InChI is InChI=1S/C9H15NO/c1-5-8-7(4)11-9(10-8)6(2)3/h6H,5H2,1-4H3. The van der Waals surface area contributed by atoms with Gasteiger partial charge in [0.25, 0.3) is 0 Å². The van der Waals surface area contributed by atoms with Crippen molar-refractivity contribution in [3.05, 3.63) is 17.3 Å². The van der Waals surface area contributed by atoms with Crippen LogP contribution in [0.15, 0.2) is 4.42 Å². The largest absolute Gasteiger partial charge is 0.445 e. The zero-order chi connectivity index (χ0) is 8.43. The van der Waals surface area contributed by atoms with E-state index in [-0.39, 0.29) is 0 Å². The second-order valence-corrected chi connectivity index (χ2v) is 3.06. The second kappa shape index (κ2) is 3.07. The van der Waals surface area contributed by atoms with Crippen molar-refractivity contribution in [3.63, 3.8) is 0 Å². The van der Waals surface area contributed by atoms with E-state index < -0.39 is 0 Å². The predicted molar refractivity (Wildman–Crippen MR) is 44.7 cm³/mol. The molecule has 0 saturated heterocycles. The molecule has 0 N–H and O–H groups in total. The van der Waals surface area contributed by atoms with Crippen LogP contribution in [0.5, 0.6) is 0 Å². The molecule has 0 fully saturated rings. The molecule has 0 aliphatic carbocycles. The molecule has 0 unspecified atom stereocenters. The number of aryl methyl sites for hydroxylation is 2. The van der Waals surface area contributed by atoms with Gasteiger partial charge in [0.15, 0.2) is 5.89 Å². The molecule has 0 aromatic carbocycles. The van der Waals surface area contributed by atoms with Gasteiger partial charge in [-0.3, -0.25) is 0 Å². The quantitative estimate of drug-likeness (QED) is 0.652. The molecule has 1 rings (SSSR count). The monoisotopic (exact) mass is 153 g/mol. The lowest BCUT2D eigenvalue weighted by atomic mass is 10.2. The number of hydrogen-bond acceptors (Lipinski definition) is 2. The van der Waals surface area contributed by atoms with Crippen molar-refractivity contribution >= 4 is 0 Å². The van der Waals surface area contributed by atoms with Crippen LogP contribution in [0.3, 0.4) is 0 Å². The lowest BCUT2D eigenvalue weighted by molar-refractivity contribution is 0.449. The van der Waals surface area contributed by atoms with Crippen molar-refractivity contribution < 1.29 is 4.42 Å². The van der Waals surface area contributed by atoms with Gasteiger partial charge in [-0.05, 0) is 13.3 Å². The molecular formula is C9H15NO. The Labute approximate surface area is 67.6 Å². The van der Waals surface area contributed by atoms with E-state index in [4.69, 9.17) is 4.42 Å². The van der Waals surface area contributed by atoms with Crippen molar-refractivity contribution in [2.24, 2.45) is 0 Å². The highest BCUT2D eigenvalue weighted by Gasteiger charge is 2.09. The first-order valence-corrected chi connectivity index (χ1v) is 4.11. The van der Waals surface area contributed by atoms with Crippen LogP contribution in [-0.4, -0.2) is 4.98 Å². The molecule has 62 valence electrons. The summed E-state index contributed by atoms with van der Waals surface area (Å²) in [6, 6.07) is 0. The molecule has 0 spiro atoms. The molecular weight excluding hydrogens is 138 g/mol. The van der Waals surface area contributed by atoms with Crippen molar-refractivity contribution in [1.82, 2.24) is 4.98 Å². The summed E-state index contributed by atoms with van der Waals surface area (Å²) in [5, 5.41) is 0. The van der Waals surface area contributed by atoms with Crippen LogP contribution in [0.1, 0.15) is 44.0 Å². The van der Waals surface area contributed by atoms with Gasteiger partial charge < -0.3 is 4.42 Å². The Morgan fingerprint density at radius 2 is 2.09 bits per heavy atom. The van der Waals surface area contributed by atoms with Crippen LogP contribution in [0, 0.1) is 6.92 Å². The molecule has 0 saturated carbocycles. The van der Waals surface area contributed by atoms with Crippen molar-refractivity contribution in [2.75, 3.05) is 0 Å². The molecule has 0 bridgehead atoms. The van der Waals surface area contributed by atoms with E-state index in [0.29, 0.717) is 5.92 Å². The number of hydrogen-bond donors (Lipinski definition) is 0. The maximum atomic E-state index is 5.46. The number of nitrogens with zero attached hydrogens (tertiary/aromatic N) is 1. The maximum absolute atomic E-state index is 5.46. The molecule has 1 heterocycles. The van der Waals surface area contributed by atoms with E-state index >= 15 is 0 Å². The molecule has 2 nitrogen and oxygen atoms in total. The van der Waals surface area contributed by atoms with Crippen LogP contribution in [-0.2, 0) is 6.42 Å². The normalized spacial score (nSPS) is 11.0. The van der Waals surface area contributed by atoms with Gasteiger partial charge >= 0.3 is 0 Å². The fourth-order valence-electron chi connectivity index (χ4n) is 1.03. The Hall–Kier alpha value is -0.790. The number of rotatable bonds is 2. The lowest BCUT2D eigenvalue weighted by Gasteiger charge is -1.94. The van der Waals surface area contributed by atoms with E-state index in [1.165, 1.54) is 0 Å². The Bertz CT molecular complexity index is 238. The van der Waals surface area contributed by atoms with Crippen molar-refractivity contribution in [1.29, 1.82) is 0 Å². The van der Waals surface area contributed by atoms with Crippen molar-refractivity contribution in [3.8, 4) is 0 Å². The van der Waals surface area contributed by atoms with E-state index in [9.17, 15) is 0 Å². The topological polar surface area (TPSA) is 26.0 Å². The van der Waals surface area contributed by atoms with Gasteiger partial charge in [-0.1, -0.05) is 20.8 Å². The van der Waals surface area contributed by atoms with Crippen LogP contribution in [0.25, 0.3) is 0 Å². The molecule has 0 aliphatic rings. The van der Waals surface area contributed by atoms with Crippen LogP contribution < -0.4 is 0 Å². The lowest BCUT2D eigenvalue weighted by Crippen LogP contribution is -1.87. The summed E-state index contributed by atoms with van der Waals surface area (Å²) in [5.74, 6) is 2.23. The minimum absolute atomic E-state index is 0.397. The van der Waals surface area contributed by atoms with E-state index in [0.717, 1.165) is 23.8 Å². The molecule has 1 aromatic rings. The Morgan fingerprint density at radius 1 is 1.45 bits per heavy atom. The molecule has 2 heteroatoms. The Morgan fingerprint density at radius 3 is 2.36 bits per heavy atom. The fourth-order valence-corrected chi connectivity index (χ4v) is 1.03. The summed E-state index contributed by atoms with van der Waals surface area (Å²) in [6.45, 7) is 8.24. The van der Waals surface area contributed by atoms with Crippen LogP contribution in [0.4, 0.5) is 0 Å². The molecule has 1 aromatic heterocycles. The third-order valence-corrected chi connectivity index (χ3v) is 1.74. The van der Waals surface area contributed by atoms with Gasteiger partial charge in [0.2, 0.25) is 0 Å². The summed E-state index contributed by atoms with van der Waals surface area (Å²) in [5.41, 5.74) is 1.09. The zero-order valence-corrected chi connectivity index (χ0v) is 7.64. The van der Waals surface area contributed by atoms with Gasteiger partial charge in [0.05, 0.1) is 5.69 Å². The van der Waals surface area contributed by atoms with Gasteiger partial charge in [-0.2, -0.15) is 0 Å². The van der Waals surface area contributed by atoms with Crippen LogP contribution >= 0.6 is 0 Å². The van der Waals surface area contributed by atoms with Gasteiger partial charge in [0.1, 0.15) is 5.76 Å². The molecule has 0 amide bonds. The van der Waals surface area contributed by atoms with E-state index in [1.54, 1.807) is 0 Å². The highest BCUT2D eigenvalue weighted by molar-refractivity contribution is 5.09. The van der Waals surface area contributed by atoms with E-state index in [2.05, 4.69) is 25.8 Å². The predicted octanol–water partition coefficient (Wildman–Crippen LogP) is 2.67. The first-order chi connectivity index (χ1) is 5.15. The summed E-state index contributed by atoms with van der Waals surface area (Å²) in [7, 11) is 0. The Balaban J connectivity index is 2.95. The zero-order valence-electron chi connectivity index (χ0n) is 7.64. The fraction of sp³-hybridized carbons (Fsp3) is 0.667. The summed E-state index contributed by atoms with van der Waals surface area (Å²) < 4.78 is 5.46. The minimum atomic E-state index is 0.397. The molecule has 11 heavy (non-hydrogen) atoms. The van der Waals surface area contributed by atoms with E-state index in [1.807, 2.05) is 6.92 Å². The Kier molecular flexibility index (Phi) is 2.32. The molecule has 0 aliphatic heterocycles. The number of aromatic nitrogens is 1. The van der Waals surface area contributed by atoms with Gasteiger partial charge in [-0.15, -0.1) is 0 Å². The first-order valence-electron chi connectivity index (χ1n) is 4.11. The summed E-state index contributed by atoms with van der Waals surface area (Å²) >= 11 is 0. The first kappa shape index (κ1) is 8.31. The smallest absolute Gasteiger partial charge is 0.197 e. The van der Waals surface area contributed by atoms with Gasteiger partial charge in [-0.25, -0.2) is 4.98 Å².